The fourth-order valence-corrected chi connectivity index (χ4v) is 3.67. The highest BCUT2D eigenvalue weighted by molar-refractivity contribution is 9.10. The van der Waals surface area contributed by atoms with E-state index in [2.05, 4.69) is 40.6 Å². The zero-order valence-electron chi connectivity index (χ0n) is 12.5. The smallest absolute Gasteiger partial charge is 0.123 e. The molecule has 2 aromatic rings. The monoisotopic (exact) mass is 390 g/mol. The molecule has 21 heavy (non-hydrogen) atoms. The maximum absolute atomic E-state index is 9.51. The number of hydrogen-bond donors (Lipinski definition) is 1. The highest BCUT2D eigenvalue weighted by Gasteiger charge is 2.15. The Labute approximate surface area is 139 Å². The van der Waals surface area contributed by atoms with Gasteiger partial charge in [-0.15, -0.1) is 0 Å². The minimum absolute atomic E-state index is 0.0678. The molecule has 0 unspecified atom stereocenters. The molecule has 0 bridgehead atoms. The molecule has 7 heteroatoms. The maximum atomic E-state index is 9.51. The number of ether oxygens (including phenoxy) is 1. The number of rotatable bonds is 6. The molecule has 116 valence electrons. The van der Waals surface area contributed by atoms with Crippen LogP contribution in [0.5, 0.6) is 0 Å². The number of aromatic nitrogens is 2. The predicted molar refractivity (Wildman–Crippen MR) is 92.5 cm³/mol. The third kappa shape index (κ3) is 4.29. The molecule has 0 amide bonds. The van der Waals surface area contributed by atoms with E-state index >= 15 is 0 Å². The van der Waals surface area contributed by atoms with Crippen molar-refractivity contribution >= 4 is 46.6 Å². The lowest BCUT2D eigenvalue weighted by molar-refractivity contribution is 0.0854. The predicted octanol–water partition coefficient (Wildman–Crippen LogP) is 4.26. The van der Waals surface area contributed by atoms with Crippen molar-refractivity contribution in [1.82, 2.24) is 9.55 Å². The average molecular weight is 392 g/mol. The second kappa shape index (κ2) is 6.79. The molecule has 2 rings (SSSR count). The van der Waals surface area contributed by atoms with E-state index < -0.39 is 8.07 Å². The molecule has 2 aromatic heterocycles. The Morgan fingerprint density at radius 1 is 1.38 bits per heavy atom. The first-order valence-corrected chi connectivity index (χ1v) is 11.7. The van der Waals surface area contributed by atoms with Crippen LogP contribution in [0.1, 0.15) is 5.69 Å². The van der Waals surface area contributed by atoms with Crippen molar-refractivity contribution in [1.29, 1.82) is 0 Å². The summed E-state index contributed by atoms with van der Waals surface area (Å²) in [7, 11) is -1.10. The summed E-state index contributed by atoms with van der Waals surface area (Å²) >= 11 is 9.63. The van der Waals surface area contributed by atoms with E-state index in [9.17, 15) is 5.11 Å². The number of fused-ring (bicyclic) bond motifs is 1. The van der Waals surface area contributed by atoms with Crippen molar-refractivity contribution in [3.63, 3.8) is 0 Å². The second-order valence-corrected chi connectivity index (χ2v) is 13.1. The van der Waals surface area contributed by atoms with Gasteiger partial charge in [0.15, 0.2) is 0 Å². The molecule has 0 aliphatic rings. The molecule has 4 nitrogen and oxygen atoms in total. The van der Waals surface area contributed by atoms with E-state index in [0.29, 0.717) is 16.4 Å². The molecule has 0 aliphatic heterocycles. The normalized spacial score (nSPS) is 12.3. The SMILES string of the molecule is C[Si](C)(C)CCOCn1c(CO)cc2nc(Br)cc(Cl)c21. The summed E-state index contributed by atoms with van der Waals surface area (Å²) in [6.45, 7) is 7.99. The van der Waals surface area contributed by atoms with Gasteiger partial charge in [-0.05, 0) is 34.1 Å². The van der Waals surface area contributed by atoms with Gasteiger partial charge in [0.25, 0.3) is 0 Å². The summed E-state index contributed by atoms with van der Waals surface area (Å²) in [5, 5.41) is 10.1. The molecule has 0 saturated carbocycles. The minimum Gasteiger partial charge on any atom is -0.390 e. The molecular weight excluding hydrogens is 372 g/mol. The van der Waals surface area contributed by atoms with Gasteiger partial charge in [-0.25, -0.2) is 4.98 Å². The Morgan fingerprint density at radius 2 is 2.10 bits per heavy atom. The maximum Gasteiger partial charge on any atom is 0.123 e. The van der Waals surface area contributed by atoms with Gasteiger partial charge in [0.2, 0.25) is 0 Å². The van der Waals surface area contributed by atoms with Gasteiger partial charge in [0.1, 0.15) is 11.3 Å². The van der Waals surface area contributed by atoms with E-state index in [1.807, 2.05) is 10.6 Å². The van der Waals surface area contributed by atoms with E-state index in [1.54, 1.807) is 6.07 Å². The Morgan fingerprint density at radius 3 is 2.71 bits per heavy atom. The average Bonchev–Trinajstić information content (AvgIpc) is 2.71. The summed E-state index contributed by atoms with van der Waals surface area (Å²) < 4.78 is 8.35. The Balaban J connectivity index is 2.22. The van der Waals surface area contributed by atoms with Crippen molar-refractivity contribution in [2.75, 3.05) is 6.61 Å². The molecule has 0 spiro atoms. The minimum atomic E-state index is -1.10. The lowest BCUT2D eigenvalue weighted by Crippen LogP contribution is -2.22. The molecule has 0 aromatic carbocycles. The highest BCUT2D eigenvalue weighted by atomic mass is 79.9. The largest absolute Gasteiger partial charge is 0.390 e. The van der Waals surface area contributed by atoms with E-state index in [1.165, 1.54) is 0 Å². The standard InChI is InChI=1S/C14H20BrClN2O2Si/c1-21(2,3)5-4-20-9-18-10(8-19)6-12-14(18)11(16)7-13(15)17-12/h6-7,19H,4-5,8-9H2,1-3H3. The summed E-state index contributed by atoms with van der Waals surface area (Å²) in [5.41, 5.74) is 2.31. The lowest BCUT2D eigenvalue weighted by atomic mass is 10.4. The molecule has 1 N–H and O–H groups in total. The van der Waals surface area contributed by atoms with Crippen LogP contribution >= 0.6 is 27.5 Å². The molecule has 0 saturated heterocycles. The first-order chi connectivity index (χ1) is 9.81. The number of aliphatic hydroxyl groups is 1. The summed E-state index contributed by atoms with van der Waals surface area (Å²) in [6, 6.07) is 4.70. The Bertz CT molecular complexity index is 640. The first-order valence-electron chi connectivity index (χ1n) is 6.84. The van der Waals surface area contributed by atoms with Crippen LogP contribution < -0.4 is 0 Å². The first kappa shape index (κ1) is 17.0. The number of aliphatic hydroxyl groups excluding tert-OH is 1. The van der Waals surface area contributed by atoms with E-state index in [-0.39, 0.29) is 6.61 Å². The van der Waals surface area contributed by atoms with Gasteiger partial charge in [0, 0.05) is 20.4 Å². The van der Waals surface area contributed by atoms with Crippen LogP contribution in [-0.4, -0.2) is 29.3 Å². The molecule has 2 heterocycles. The van der Waals surface area contributed by atoms with Crippen LogP contribution in [0.25, 0.3) is 11.0 Å². The van der Waals surface area contributed by atoms with Crippen LogP contribution in [0.4, 0.5) is 0 Å². The van der Waals surface area contributed by atoms with Crippen LogP contribution in [0, 0.1) is 0 Å². The fraction of sp³-hybridized carbons (Fsp3) is 0.500. The lowest BCUT2D eigenvalue weighted by Gasteiger charge is -2.16. The second-order valence-electron chi connectivity index (χ2n) is 6.23. The number of halogens is 2. The number of pyridine rings is 1. The number of hydrogen-bond acceptors (Lipinski definition) is 3. The molecule has 0 atom stereocenters. The molecule has 0 radical (unpaired) electrons. The van der Waals surface area contributed by atoms with Crippen LogP contribution in [-0.2, 0) is 18.1 Å². The van der Waals surface area contributed by atoms with Crippen LogP contribution in [0.2, 0.25) is 30.7 Å². The molecule has 0 aliphatic carbocycles. The fourth-order valence-electron chi connectivity index (χ4n) is 2.06. The third-order valence-corrected chi connectivity index (χ3v) is 5.64. The quantitative estimate of drug-likeness (QED) is 0.455. The van der Waals surface area contributed by atoms with Crippen molar-refractivity contribution in [2.24, 2.45) is 0 Å². The molecular formula is C14H20BrClN2O2Si. The van der Waals surface area contributed by atoms with Crippen LogP contribution in [0.3, 0.4) is 0 Å². The summed E-state index contributed by atoms with van der Waals surface area (Å²) in [5.74, 6) is 0. The van der Waals surface area contributed by atoms with E-state index in [0.717, 1.165) is 29.4 Å². The number of nitrogens with zero attached hydrogens (tertiary/aromatic N) is 2. The van der Waals surface area contributed by atoms with Gasteiger partial charge in [0.05, 0.1) is 22.7 Å². The topological polar surface area (TPSA) is 47.3 Å². The van der Waals surface area contributed by atoms with Crippen molar-refractivity contribution in [3.05, 3.63) is 27.5 Å². The van der Waals surface area contributed by atoms with Gasteiger partial charge >= 0.3 is 0 Å². The zero-order chi connectivity index (χ0) is 15.6. The Hall–Kier alpha value is -0.403. The zero-order valence-corrected chi connectivity index (χ0v) is 15.8. The molecule has 0 fully saturated rings. The van der Waals surface area contributed by atoms with Gasteiger partial charge in [-0.3, -0.25) is 0 Å². The van der Waals surface area contributed by atoms with Crippen LogP contribution in [0.15, 0.2) is 16.7 Å². The Kier molecular flexibility index (Phi) is 5.48. The van der Waals surface area contributed by atoms with Gasteiger partial charge in [-0.1, -0.05) is 31.2 Å². The van der Waals surface area contributed by atoms with Crippen molar-refractivity contribution in [3.8, 4) is 0 Å². The summed E-state index contributed by atoms with van der Waals surface area (Å²) in [4.78, 5) is 4.38. The van der Waals surface area contributed by atoms with Crippen molar-refractivity contribution in [2.45, 2.75) is 39.0 Å². The summed E-state index contributed by atoms with van der Waals surface area (Å²) in [6.07, 6.45) is 0. The van der Waals surface area contributed by atoms with Crippen molar-refractivity contribution < 1.29 is 9.84 Å². The van der Waals surface area contributed by atoms with Gasteiger partial charge in [-0.2, -0.15) is 0 Å². The van der Waals surface area contributed by atoms with E-state index in [4.69, 9.17) is 16.3 Å². The highest BCUT2D eigenvalue weighted by Crippen LogP contribution is 2.28. The third-order valence-electron chi connectivity index (χ3n) is 3.24. The van der Waals surface area contributed by atoms with Gasteiger partial charge < -0.3 is 14.4 Å².